The van der Waals surface area contributed by atoms with Crippen LogP contribution in [0.5, 0.6) is 5.75 Å². The molecule has 83 valence electrons. The Bertz CT molecular complexity index is 466. The van der Waals surface area contributed by atoms with Crippen LogP contribution in [0, 0.1) is 0 Å². The smallest absolute Gasteiger partial charge is 0.373 e. The second kappa shape index (κ2) is 5.05. The molecule has 2 aromatic rings. The minimum absolute atomic E-state index is 0.235. The van der Waals surface area contributed by atoms with Gasteiger partial charge in [0.25, 0.3) is 0 Å². The molecule has 0 amide bonds. The number of ether oxygens (including phenoxy) is 2. The highest BCUT2D eigenvalue weighted by molar-refractivity contribution is 6.44. The predicted octanol–water partition coefficient (Wildman–Crippen LogP) is 1.04. The van der Waals surface area contributed by atoms with Crippen LogP contribution in [0.4, 0.5) is 0 Å². The molecule has 16 heavy (non-hydrogen) atoms. The molecule has 0 aliphatic carbocycles. The molecule has 0 spiro atoms. The lowest BCUT2D eigenvalue weighted by Gasteiger charge is -2.04. The van der Waals surface area contributed by atoms with Gasteiger partial charge < -0.3 is 18.9 Å². The molecule has 1 heterocycles. The molecule has 0 bridgehead atoms. The lowest BCUT2D eigenvalue weighted by Crippen LogP contribution is -2.08. The SMILES string of the molecule is CCOCOc1ccc2oc([B]O)cc2c1. The fourth-order valence-corrected chi connectivity index (χ4v) is 1.39. The van der Waals surface area contributed by atoms with Gasteiger partial charge in [-0.15, -0.1) is 0 Å². The first-order valence-corrected chi connectivity index (χ1v) is 5.05. The van der Waals surface area contributed by atoms with Crippen LogP contribution in [0.1, 0.15) is 6.92 Å². The Hall–Kier alpha value is -1.46. The van der Waals surface area contributed by atoms with E-state index in [1.54, 1.807) is 18.2 Å². The van der Waals surface area contributed by atoms with Gasteiger partial charge in [0.15, 0.2) is 6.79 Å². The van der Waals surface area contributed by atoms with Crippen LogP contribution >= 0.6 is 0 Å². The van der Waals surface area contributed by atoms with Crippen molar-refractivity contribution in [3.05, 3.63) is 24.3 Å². The van der Waals surface area contributed by atoms with Gasteiger partial charge in [0.1, 0.15) is 11.3 Å². The summed E-state index contributed by atoms with van der Waals surface area (Å²) < 4.78 is 15.8. The summed E-state index contributed by atoms with van der Waals surface area (Å²) in [5.41, 5.74) is 1.14. The maximum atomic E-state index is 8.81. The van der Waals surface area contributed by atoms with E-state index in [0.717, 1.165) is 12.9 Å². The molecule has 0 saturated heterocycles. The number of benzene rings is 1. The van der Waals surface area contributed by atoms with Gasteiger partial charge in [-0.25, -0.2) is 0 Å². The Kier molecular flexibility index (Phi) is 3.49. The van der Waals surface area contributed by atoms with E-state index in [4.69, 9.17) is 18.9 Å². The minimum Gasteiger partial charge on any atom is -0.469 e. The second-order valence-electron chi connectivity index (χ2n) is 3.23. The zero-order valence-corrected chi connectivity index (χ0v) is 8.97. The Morgan fingerprint density at radius 3 is 3.00 bits per heavy atom. The number of rotatable bonds is 5. The van der Waals surface area contributed by atoms with Crippen LogP contribution in [0.3, 0.4) is 0 Å². The molecule has 0 atom stereocenters. The first-order valence-electron chi connectivity index (χ1n) is 5.05. The maximum Gasteiger partial charge on any atom is 0.373 e. The summed E-state index contributed by atoms with van der Waals surface area (Å²) in [6.45, 7) is 2.77. The molecular weight excluding hydrogens is 207 g/mol. The third-order valence-corrected chi connectivity index (χ3v) is 2.15. The molecule has 1 aromatic heterocycles. The number of hydrogen-bond donors (Lipinski definition) is 1. The number of furan rings is 1. The summed E-state index contributed by atoms with van der Waals surface area (Å²) in [7, 11) is 0.931. The summed E-state index contributed by atoms with van der Waals surface area (Å²) in [6.07, 6.45) is 0. The molecule has 0 aliphatic rings. The van der Waals surface area contributed by atoms with Gasteiger partial charge in [-0.1, -0.05) is 0 Å². The molecule has 5 heteroatoms. The molecule has 1 N–H and O–H groups in total. The molecule has 2 rings (SSSR count). The van der Waals surface area contributed by atoms with Crippen molar-refractivity contribution in [3.63, 3.8) is 0 Å². The fraction of sp³-hybridized carbons (Fsp3) is 0.273. The van der Waals surface area contributed by atoms with E-state index in [0.29, 0.717) is 23.6 Å². The minimum atomic E-state index is 0.235. The molecule has 1 radical (unpaired) electrons. The molecule has 0 unspecified atom stereocenters. The highest BCUT2D eigenvalue weighted by Gasteiger charge is 2.05. The Labute approximate surface area is 94.0 Å². The largest absolute Gasteiger partial charge is 0.469 e. The Morgan fingerprint density at radius 1 is 1.38 bits per heavy atom. The lowest BCUT2D eigenvalue weighted by atomic mass is 9.98. The fourth-order valence-electron chi connectivity index (χ4n) is 1.39. The van der Waals surface area contributed by atoms with E-state index in [-0.39, 0.29) is 6.79 Å². The topological polar surface area (TPSA) is 51.8 Å². The zero-order chi connectivity index (χ0) is 11.4. The second-order valence-corrected chi connectivity index (χ2v) is 3.23. The average molecular weight is 219 g/mol. The predicted molar refractivity (Wildman–Crippen MR) is 60.9 cm³/mol. The summed E-state index contributed by atoms with van der Waals surface area (Å²) in [5, 5.41) is 9.69. The zero-order valence-electron chi connectivity index (χ0n) is 8.97. The van der Waals surface area contributed by atoms with Gasteiger partial charge in [-0.3, -0.25) is 0 Å². The molecule has 0 fully saturated rings. The van der Waals surface area contributed by atoms with Crippen LogP contribution in [0.25, 0.3) is 11.0 Å². The van der Waals surface area contributed by atoms with Gasteiger partial charge in [0, 0.05) is 12.0 Å². The molecule has 1 aromatic carbocycles. The van der Waals surface area contributed by atoms with E-state index in [9.17, 15) is 0 Å². The third kappa shape index (κ3) is 2.37. The van der Waals surface area contributed by atoms with Crippen LogP contribution in [-0.4, -0.2) is 25.9 Å². The van der Waals surface area contributed by atoms with Gasteiger partial charge in [-0.2, -0.15) is 0 Å². The van der Waals surface area contributed by atoms with Crippen molar-refractivity contribution in [2.75, 3.05) is 13.4 Å². The van der Waals surface area contributed by atoms with E-state index < -0.39 is 0 Å². The Balaban J connectivity index is 2.15. The quantitative estimate of drug-likeness (QED) is 0.463. The van der Waals surface area contributed by atoms with Gasteiger partial charge in [0.2, 0.25) is 0 Å². The van der Waals surface area contributed by atoms with Crippen LogP contribution in [0.15, 0.2) is 28.7 Å². The number of fused-ring (bicyclic) bond motifs is 1. The van der Waals surface area contributed by atoms with Crippen LogP contribution in [0.2, 0.25) is 0 Å². The Morgan fingerprint density at radius 2 is 2.25 bits per heavy atom. The summed E-state index contributed by atoms with van der Waals surface area (Å²) in [5.74, 6) is 0.714. The monoisotopic (exact) mass is 219 g/mol. The lowest BCUT2D eigenvalue weighted by molar-refractivity contribution is 0.0225. The summed E-state index contributed by atoms with van der Waals surface area (Å²) in [4.78, 5) is 0. The standard InChI is InChI=1S/C11H12BO4/c1-2-14-7-15-9-3-4-10-8(5-9)6-11(12-13)16-10/h3-6,13H,2,7H2,1H3. The molecular formula is C11H12BO4. The van der Waals surface area contributed by atoms with Crippen molar-refractivity contribution in [2.24, 2.45) is 0 Å². The molecule has 0 aliphatic heterocycles. The molecule has 4 nitrogen and oxygen atoms in total. The molecule has 0 saturated carbocycles. The third-order valence-electron chi connectivity index (χ3n) is 2.15. The number of hydrogen-bond acceptors (Lipinski definition) is 4. The van der Waals surface area contributed by atoms with Crippen molar-refractivity contribution >= 4 is 24.1 Å². The first kappa shape index (κ1) is 11.0. The highest BCUT2D eigenvalue weighted by Crippen LogP contribution is 2.20. The van der Waals surface area contributed by atoms with E-state index in [2.05, 4.69) is 0 Å². The van der Waals surface area contributed by atoms with Gasteiger partial charge in [0.05, 0.1) is 5.66 Å². The summed E-state index contributed by atoms with van der Waals surface area (Å²) >= 11 is 0. The van der Waals surface area contributed by atoms with Crippen molar-refractivity contribution in [2.45, 2.75) is 6.92 Å². The van der Waals surface area contributed by atoms with Crippen LogP contribution in [-0.2, 0) is 4.74 Å². The van der Waals surface area contributed by atoms with E-state index in [1.165, 1.54) is 0 Å². The first-order chi connectivity index (χ1) is 7.83. The maximum absolute atomic E-state index is 8.81. The van der Waals surface area contributed by atoms with Gasteiger partial charge in [-0.05, 0) is 31.2 Å². The van der Waals surface area contributed by atoms with Crippen molar-refractivity contribution in [1.29, 1.82) is 0 Å². The normalized spacial score (nSPS) is 10.6. The van der Waals surface area contributed by atoms with Crippen molar-refractivity contribution < 1.29 is 18.9 Å². The summed E-state index contributed by atoms with van der Waals surface area (Å²) in [6, 6.07) is 7.17. The highest BCUT2D eigenvalue weighted by atomic mass is 16.7. The average Bonchev–Trinajstić information content (AvgIpc) is 2.71. The van der Waals surface area contributed by atoms with Crippen molar-refractivity contribution in [1.82, 2.24) is 0 Å². The van der Waals surface area contributed by atoms with Gasteiger partial charge >= 0.3 is 7.48 Å². The van der Waals surface area contributed by atoms with E-state index >= 15 is 0 Å². The van der Waals surface area contributed by atoms with Crippen molar-refractivity contribution in [3.8, 4) is 5.75 Å². The van der Waals surface area contributed by atoms with E-state index in [1.807, 2.05) is 13.0 Å². The van der Waals surface area contributed by atoms with Crippen LogP contribution < -0.4 is 10.4 Å².